The van der Waals surface area contributed by atoms with E-state index in [4.69, 9.17) is 4.52 Å². The molecule has 1 aliphatic carbocycles. The molecule has 0 saturated heterocycles. The molecule has 0 bridgehead atoms. The normalized spacial score (nSPS) is 18.9. The van der Waals surface area contributed by atoms with Gasteiger partial charge in [0, 0.05) is 25.4 Å². The maximum Gasteiger partial charge on any atom is 0.226 e. The average molecular weight is 387 g/mol. The monoisotopic (exact) mass is 386 g/mol. The van der Waals surface area contributed by atoms with Crippen molar-refractivity contribution in [2.75, 3.05) is 13.3 Å². The highest BCUT2D eigenvalue weighted by Crippen LogP contribution is 2.26. The quantitative estimate of drug-likeness (QED) is 0.816. The van der Waals surface area contributed by atoms with Gasteiger partial charge in [-0.15, -0.1) is 0 Å². The third kappa shape index (κ3) is 5.52. The number of amidine groups is 1. The molecule has 1 saturated carbocycles. The summed E-state index contributed by atoms with van der Waals surface area (Å²) < 4.78 is 5.44. The second-order valence-corrected chi connectivity index (χ2v) is 8.20. The lowest BCUT2D eigenvalue weighted by Crippen LogP contribution is -2.41. The van der Waals surface area contributed by atoms with Crippen LogP contribution in [-0.4, -0.2) is 38.5 Å². The lowest BCUT2D eigenvalue weighted by Gasteiger charge is -2.26. The van der Waals surface area contributed by atoms with E-state index in [1.165, 1.54) is 37.7 Å². The molecular weight excluding hydrogens is 360 g/mol. The van der Waals surface area contributed by atoms with Crippen LogP contribution in [0.4, 0.5) is 0 Å². The summed E-state index contributed by atoms with van der Waals surface area (Å²) in [7, 11) is 0. The van der Waals surface area contributed by atoms with Crippen molar-refractivity contribution < 1.29 is 4.52 Å². The fraction of sp³-hybridized carbons (Fsp3) is 0.579. The standard InChI is InChI=1S/C19H26N6OS/c1-2-5-15(6-3-1)9-18-23-17(24-26-18)12-27-19-21-13-25(14-22-19)11-16-7-4-8-20-10-16/h4,7-8,10,15H,1-3,5-6,9,11-14H2,(H,21,22). The lowest BCUT2D eigenvalue weighted by molar-refractivity contribution is 0.258. The van der Waals surface area contributed by atoms with Gasteiger partial charge in [0.15, 0.2) is 11.0 Å². The van der Waals surface area contributed by atoms with Crippen molar-refractivity contribution in [3.8, 4) is 0 Å². The molecule has 8 heteroatoms. The zero-order valence-electron chi connectivity index (χ0n) is 15.5. The fourth-order valence-electron chi connectivity index (χ4n) is 3.60. The minimum Gasteiger partial charge on any atom is -0.352 e. The minimum atomic E-state index is 0.683. The van der Waals surface area contributed by atoms with Crippen LogP contribution in [0.5, 0.6) is 0 Å². The molecule has 2 aromatic rings. The molecule has 1 fully saturated rings. The molecule has 27 heavy (non-hydrogen) atoms. The van der Waals surface area contributed by atoms with Crippen LogP contribution in [0.3, 0.4) is 0 Å². The molecule has 7 nitrogen and oxygen atoms in total. The van der Waals surface area contributed by atoms with E-state index < -0.39 is 0 Å². The van der Waals surface area contributed by atoms with Crippen molar-refractivity contribution in [3.05, 3.63) is 41.8 Å². The molecule has 3 heterocycles. The summed E-state index contributed by atoms with van der Waals surface area (Å²) in [6, 6.07) is 4.05. The van der Waals surface area contributed by atoms with Crippen molar-refractivity contribution >= 4 is 16.9 Å². The molecule has 0 spiro atoms. The molecule has 2 aliphatic rings. The van der Waals surface area contributed by atoms with E-state index in [1.807, 2.05) is 12.3 Å². The van der Waals surface area contributed by atoms with E-state index in [2.05, 4.69) is 36.4 Å². The van der Waals surface area contributed by atoms with Gasteiger partial charge in [-0.2, -0.15) is 4.98 Å². The summed E-state index contributed by atoms with van der Waals surface area (Å²) in [5.74, 6) is 2.95. The number of nitrogens with one attached hydrogen (secondary N) is 1. The summed E-state index contributed by atoms with van der Waals surface area (Å²) in [6.07, 6.45) is 11.3. The predicted octanol–water partition coefficient (Wildman–Crippen LogP) is 3.20. The van der Waals surface area contributed by atoms with Crippen LogP contribution in [0.25, 0.3) is 0 Å². The molecule has 0 unspecified atom stereocenters. The van der Waals surface area contributed by atoms with Gasteiger partial charge in [0.05, 0.1) is 19.1 Å². The van der Waals surface area contributed by atoms with E-state index in [-0.39, 0.29) is 0 Å². The zero-order valence-corrected chi connectivity index (χ0v) is 16.3. The van der Waals surface area contributed by atoms with Gasteiger partial charge < -0.3 is 9.84 Å². The van der Waals surface area contributed by atoms with Crippen LogP contribution in [0, 0.1) is 5.92 Å². The number of rotatable bonds is 6. The van der Waals surface area contributed by atoms with Gasteiger partial charge in [0.25, 0.3) is 0 Å². The minimum absolute atomic E-state index is 0.683. The number of hydrogen-bond donors (Lipinski definition) is 1. The number of pyridine rings is 1. The number of hydrogen-bond acceptors (Lipinski definition) is 8. The van der Waals surface area contributed by atoms with Crippen molar-refractivity contribution in [1.29, 1.82) is 0 Å². The van der Waals surface area contributed by atoms with E-state index in [9.17, 15) is 0 Å². The van der Waals surface area contributed by atoms with Gasteiger partial charge in [-0.1, -0.05) is 42.2 Å². The maximum absolute atomic E-state index is 5.44. The largest absolute Gasteiger partial charge is 0.352 e. The molecule has 1 N–H and O–H groups in total. The maximum atomic E-state index is 5.44. The predicted molar refractivity (Wildman–Crippen MR) is 106 cm³/mol. The number of aliphatic imine (C=N–C) groups is 1. The molecule has 4 rings (SSSR count). The van der Waals surface area contributed by atoms with Crippen LogP contribution in [-0.2, 0) is 18.7 Å². The Morgan fingerprint density at radius 2 is 2.19 bits per heavy atom. The second kappa shape index (κ2) is 9.32. The van der Waals surface area contributed by atoms with E-state index in [0.29, 0.717) is 12.4 Å². The first kappa shape index (κ1) is 18.4. The van der Waals surface area contributed by atoms with Gasteiger partial charge >= 0.3 is 0 Å². The van der Waals surface area contributed by atoms with Crippen LogP contribution in [0.2, 0.25) is 0 Å². The van der Waals surface area contributed by atoms with Crippen LogP contribution < -0.4 is 5.32 Å². The summed E-state index contributed by atoms with van der Waals surface area (Å²) in [5.41, 5.74) is 1.20. The highest BCUT2D eigenvalue weighted by atomic mass is 32.2. The first-order valence-corrected chi connectivity index (χ1v) is 10.7. The Balaban J connectivity index is 1.21. The summed E-state index contributed by atoms with van der Waals surface area (Å²) in [5, 5.41) is 8.44. The van der Waals surface area contributed by atoms with Gasteiger partial charge in [-0.3, -0.25) is 9.88 Å². The second-order valence-electron chi connectivity index (χ2n) is 7.23. The van der Waals surface area contributed by atoms with Crippen molar-refractivity contribution in [1.82, 2.24) is 25.3 Å². The third-order valence-corrected chi connectivity index (χ3v) is 5.98. The SMILES string of the molecule is c1cncc(CN2CN=C(SCc3noc(CC4CCCCC4)n3)NC2)c1. The first-order chi connectivity index (χ1) is 13.3. The Kier molecular flexibility index (Phi) is 6.36. The molecular formula is C19H26N6OS. The Morgan fingerprint density at radius 1 is 1.26 bits per heavy atom. The Labute approximate surface area is 164 Å². The molecule has 144 valence electrons. The molecule has 0 aromatic carbocycles. The van der Waals surface area contributed by atoms with Crippen molar-refractivity contribution in [3.63, 3.8) is 0 Å². The van der Waals surface area contributed by atoms with Crippen LogP contribution >= 0.6 is 11.8 Å². The molecule has 0 atom stereocenters. The van der Waals surface area contributed by atoms with Crippen molar-refractivity contribution in [2.45, 2.75) is 50.8 Å². The van der Waals surface area contributed by atoms with E-state index in [1.54, 1.807) is 18.0 Å². The van der Waals surface area contributed by atoms with E-state index >= 15 is 0 Å². The van der Waals surface area contributed by atoms with Gasteiger partial charge in [0.1, 0.15) is 0 Å². The smallest absolute Gasteiger partial charge is 0.226 e. The molecule has 0 amide bonds. The van der Waals surface area contributed by atoms with Crippen LogP contribution in [0.1, 0.15) is 49.4 Å². The summed E-state index contributed by atoms with van der Waals surface area (Å²) in [4.78, 5) is 15.6. The summed E-state index contributed by atoms with van der Waals surface area (Å²) in [6.45, 7) is 2.31. The number of aromatic nitrogens is 3. The third-order valence-electron chi connectivity index (χ3n) is 5.03. The molecule has 0 radical (unpaired) electrons. The number of thioether (sulfide) groups is 1. The summed E-state index contributed by atoms with van der Waals surface area (Å²) >= 11 is 1.63. The van der Waals surface area contributed by atoms with Crippen molar-refractivity contribution in [2.24, 2.45) is 10.9 Å². The van der Waals surface area contributed by atoms with E-state index in [0.717, 1.165) is 42.4 Å². The first-order valence-electron chi connectivity index (χ1n) is 9.69. The highest BCUT2D eigenvalue weighted by Gasteiger charge is 2.18. The Bertz CT molecular complexity index is 744. The highest BCUT2D eigenvalue weighted by molar-refractivity contribution is 8.13. The van der Waals surface area contributed by atoms with Crippen LogP contribution in [0.15, 0.2) is 34.0 Å². The average Bonchev–Trinajstić information content (AvgIpc) is 3.16. The van der Waals surface area contributed by atoms with Gasteiger partial charge in [0.2, 0.25) is 5.89 Å². The number of nitrogens with zero attached hydrogens (tertiary/aromatic N) is 5. The Hall–Kier alpha value is -1.93. The van der Waals surface area contributed by atoms with Gasteiger partial charge in [-0.05, 0) is 30.4 Å². The topological polar surface area (TPSA) is 79.4 Å². The lowest BCUT2D eigenvalue weighted by atomic mass is 9.87. The van der Waals surface area contributed by atoms with Gasteiger partial charge in [-0.25, -0.2) is 4.99 Å². The molecule has 2 aromatic heterocycles. The zero-order chi connectivity index (χ0) is 18.3. The molecule has 1 aliphatic heterocycles. The fourth-order valence-corrected chi connectivity index (χ4v) is 4.30. The Morgan fingerprint density at radius 3 is 2.96 bits per heavy atom.